The van der Waals surface area contributed by atoms with Crippen LogP contribution in [0.2, 0.25) is 0 Å². The molecule has 0 aromatic carbocycles. The average molecular weight is 973 g/mol. The molecule has 33 heteroatoms. The lowest BCUT2D eigenvalue weighted by Crippen LogP contribution is -2.71. The molecule has 4 heterocycles. The van der Waals surface area contributed by atoms with Gasteiger partial charge < -0.3 is 113 Å². The van der Waals surface area contributed by atoms with Crippen LogP contribution in [-0.2, 0) is 86.2 Å². The smallest absolute Gasteiger partial charge is 0.218 e. The van der Waals surface area contributed by atoms with Crippen LogP contribution in [0.4, 0.5) is 0 Å². The predicted octanol–water partition coefficient (Wildman–Crippen LogP) is -11.8. The minimum absolute atomic E-state index is 0.338. The Labute approximate surface area is 361 Å². The molecular formula is C31H44N2O29S2-4. The number of aliphatic hydroxyl groups is 7. The topological polar surface area (TPSA) is 487 Å². The molecule has 20 atom stereocenters. The summed E-state index contributed by atoms with van der Waals surface area (Å²) in [6, 6.07) is -3.97. The molecule has 0 bridgehead atoms. The molecular weight excluding hydrogens is 928 g/mol. The Kier molecular flexibility index (Phi) is 18.4. The van der Waals surface area contributed by atoms with Gasteiger partial charge in [0, 0.05) is 13.8 Å². The van der Waals surface area contributed by atoms with E-state index in [-0.39, 0.29) is 6.61 Å². The number of amides is 2. The van der Waals surface area contributed by atoms with Crippen molar-refractivity contribution in [3.63, 3.8) is 0 Å². The van der Waals surface area contributed by atoms with Crippen LogP contribution in [0.3, 0.4) is 0 Å². The first-order valence-corrected chi connectivity index (χ1v) is 21.1. The second kappa shape index (κ2) is 22.0. The molecule has 0 saturated carbocycles. The van der Waals surface area contributed by atoms with Crippen LogP contribution < -0.4 is 20.8 Å². The molecule has 20 unspecified atom stereocenters. The Bertz CT molecular complexity index is 1880. The predicted molar refractivity (Wildman–Crippen MR) is 184 cm³/mol. The number of hydrogen-bond donors (Lipinski definition) is 9. The molecule has 2 amide bonds. The minimum Gasteiger partial charge on any atom is -0.726 e. The number of carbonyl (C=O) groups is 4. The van der Waals surface area contributed by atoms with Gasteiger partial charge in [-0.3, -0.25) is 18.0 Å². The molecule has 0 aromatic heterocycles. The summed E-state index contributed by atoms with van der Waals surface area (Å²) in [4.78, 5) is 49.1. The molecule has 31 nitrogen and oxygen atoms in total. The lowest BCUT2D eigenvalue weighted by Gasteiger charge is -2.51. The molecule has 4 aliphatic rings. The van der Waals surface area contributed by atoms with Crippen LogP contribution >= 0.6 is 0 Å². The summed E-state index contributed by atoms with van der Waals surface area (Å²) in [6.45, 7) is 2.33. The van der Waals surface area contributed by atoms with Gasteiger partial charge in [0.1, 0.15) is 97.5 Å². The summed E-state index contributed by atoms with van der Waals surface area (Å²) in [5.74, 6) is -6.49. The highest BCUT2D eigenvalue weighted by Crippen LogP contribution is 2.36. The van der Waals surface area contributed by atoms with Crippen LogP contribution in [0.25, 0.3) is 0 Å². The molecule has 0 aromatic rings. The van der Waals surface area contributed by atoms with E-state index in [2.05, 4.69) is 25.6 Å². The number of rotatable bonds is 19. The minimum atomic E-state index is -5.87. The van der Waals surface area contributed by atoms with Gasteiger partial charge in [-0.15, -0.1) is 6.58 Å². The fourth-order valence-corrected chi connectivity index (χ4v) is 8.05. The molecule has 4 aliphatic heterocycles. The first-order chi connectivity index (χ1) is 29.7. The highest BCUT2D eigenvalue weighted by molar-refractivity contribution is 7.81. The maximum absolute atomic E-state index is 12.6. The third-order valence-electron chi connectivity index (χ3n) is 9.68. The quantitative estimate of drug-likeness (QED) is 0.0330. The van der Waals surface area contributed by atoms with E-state index in [1.165, 1.54) is 6.08 Å². The van der Waals surface area contributed by atoms with Crippen molar-refractivity contribution in [2.75, 3.05) is 19.8 Å². The molecule has 4 saturated heterocycles. The summed E-state index contributed by atoms with van der Waals surface area (Å²) >= 11 is 0. The van der Waals surface area contributed by atoms with E-state index in [1.54, 1.807) is 0 Å². The number of aliphatic hydroxyl groups excluding tert-OH is 7. The largest absolute Gasteiger partial charge is 0.726 e. The van der Waals surface area contributed by atoms with Crippen molar-refractivity contribution in [2.24, 2.45) is 0 Å². The molecule has 4 fully saturated rings. The first-order valence-electron chi connectivity index (χ1n) is 18.4. The van der Waals surface area contributed by atoms with Crippen molar-refractivity contribution in [2.45, 2.75) is 137 Å². The van der Waals surface area contributed by atoms with Crippen molar-refractivity contribution < 1.29 is 137 Å². The van der Waals surface area contributed by atoms with E-state index in [1.807, 2.05) is 0 Å². The molecule has 368 valence electrons. The van der Waals surface area contributed by atoms with Gasteiger partial charge >= 0.3 is 0 Å². The molecule has 0 aliphatic carbocycles. The summed E-state index contributed by atoms with van der Waals surface area (Å²) < 4.78 is 124. The zero-order valence-corrected chi connectivity index (χ0v) is 34.5. The molecule has 4 rings (SSSR count). The number of hydrogen-bond acceptors (Lipinski definition) is 29. The van der Waals surface area contributed by atoms with E-state index in [0.29, 0.717) is 0 Å². The van der Waals surface area contributed by atoms with Gasteiger partial charge in [0.2, 0.25) is 32.6 Å². The second-order valence-electron chi connectivity index (χ2n) is 14.2. The standard InChI is InChI=1S/C31H48N2O29S2/c1-4-5-53-28-12(32-8(2)36)21(19(10(6-34)54-28)61-63(47,48)49)56-31-18(42)16(40)23(25(60-31)27(45)46)58-29-13(33-9(3)37)22(20(11(7-35)55-29)62-64(50,51)52)57-30-17(41)14(38)15(39)24(59-30)26(43)44/h4,10-25,28-31,34-35,38-42H,1,5-7H2,2-3H3,(H,32,36)(H,33,37)(H,43,44)(H,45,46)(H,47,48,49)(H,50,51,52)/p-4. The van der Waals surface area contributed by atoms with Gasteiger partial charge in [0.05, 0.1) is 31.8 Å². The van der Waals surface area contributed by atoms with Gasteiger partial charge in [-0.05, 0) is 0 Å². The van der Waals surface area contributed by atoms with Crippen LogP contribution in [0, 0.1) is 0 Å². The summed E-state index contributed by atoms with van der Waals surface area (Å²) in [7, 11) is -11.6. The van der Waals surface area contributed by atoms with Crippen LogP contribution in [-0.4, -0.2) is 228 Å². The third kappa shape index (κ3) is 13.0. The van der Waals surface area contributed by atoms with Crippen LogP contribution in [0.1, 0.15) is 13.8 Å². The SMILES string of the molecule is C=CCOC1OC(CO)C(OS(=O)(=O)[O-])C(OC2OC(C(=O)[O-])C(OC3OC(CO)C(OS(=O)(=O)[O-])C(OC4OC(C(=O)[O-])C(O)C(O)C4O)C3NC(C)=O)C(O)C2O)C1NC(C)=O. The van der Waals surface area contributed by atoms with Crippen molar-refractivity contribution in [3.8, 4) is 0 Å². The second-order valence-corrected chi connectivity index (χ2v) is 16.2. The molecule has 0 radical (unpaired) electrons. The highest BCUT2D eigenvalue weighted by atomic mass is 32.3. The van der Waals surface area contributed by atoms with Crippen molar-refractivity contribution in [1.82, 2.24) is 10.6 Å². The number of carboxylic acids is 2. The number of aliphatic carboxylic acids is 2. The summed E-state index contributed by atoms with van der Waals surface area (Å²) in [5.41, 5.74) is 0. The van der Waals surface area contributed by atoms with Gasteiger partial charge in [0.15, 0.2) is 25.2 Å². The zero-order chi connectivity index (χ0) is 48.2. The average Bonchev–Trinajstić information content (AvgIpc) is 3.18. The molecule has 0 spiro atoms. The Balaban J connectivity index is 1.75. The Hall–Kier alpha value is -3.24. The Morgan fingerprint density at radius 1 is 0.594 bits per heavy atom. The fourth-order valence-electron chi connectivity index (χ4n) is 7.04. The van der Waals surface area contributed by atoms with Crippen LogP contribution in [0.15, 0.2) is 12.7 Å². The summed E-state index contributed by atoms with van der Waals surface area (Å²) in [6.07, 6.45) is -41.1. The van der Waals surface area contributed by atoms with Gasteiger partial charge in [-0.1, -0.05) is 6.08 Å². The van der Waals surface area contributed by atoms with E-state index in [4.69, 9.17) is 37.9 Å². The number of carboxylic acid groups (broad SMARTS) is 2. The van der Waals surface area contributed by atoms with E-state index < -0.39 is 180 Å². The zero-order valence-electron chi connectivity index (χ0n) is 32.9. The monoisotopic (exact) mass is 972 g/mol. The fraction of sp³-hybridized carbons (Fsp3) is 0.806. The van der Waals surface area contributed by atoms with E-state index in [9.17, 15) is 91.1 Å². The van der Waals surface area contributed by atoms with Gasteiger partial charge in [0.25, 0.3) is 0 Å². The highest BCUT2D eigenvalue weighted by Gasteiger charge is 2.58. The Morgan fingerprint density at radius 3 is 1.41 bits per heavy atom. The number of nitrogens with one attached hydrogen (secondary N) is 2. The van der Waals surface area contributed by atoms with E-state index >= 15 is 0 Å². The van der Waals surface area contributed by atoms with Crippen molar-refractivity contribution >= 4 is 44.6 Å². The molecule has 64 heavy (non-hydrogen) atoms. The van der Waals surface area contributed by atoms with Gasteiger partial charge in [-0.2, -0.15) is 0 Å². The maximum Gasteiger partial charge on any atom is 0.218 e. The van der Waals surface area contributed by atoms with Crippen molar-refractivity contribution in [3.05, 3.63) is 12.7 Å². The third-order valence-corrected chi connectivity index (χ3v) is 10.6. The Morgan fingerprint density at radius 2 is 1.00 bits per heavy atom. The van der Waals surface area contributed by atoms with Gasteiger partial charge in [-0.25, -0.2) is 16.8 Å². The maximum atomic E-state index is 12.6. The van der Waals surface area contributed by atoms with Crippen molar-refractivity contribution in [1.29, 1.82) is 0 Å². The molecule has 9 N–H and O–H groups in total. The number of carbonyl (C=O) groups excluding carboxylic acids is 4. The lowest BCUT2D eigenvalue weighted by atomic mass is 9.94. The summed E-state index contributed by atoms with van der Waals surface area (Å²) in [5, 5.41) is 103. The lowest BCUT2D eigenvalue weighted by molar-refractivity contribution is -0.385. The normalized spacial score (nSPS) is 40.8. The first kappa shape index (κ1) is 53.4. The van der Waals surface area contributed by atoms with Crippen LogP contribution in [0.5, 0.6) is 0 Å². The number of ether oxygens (including phenoxy) is 8. The van der Waals surface area contributed by atoms with E-state index in [0.717, 1.165) is 13.8 Å².